The van der Waals surface area contributed by atoms with Gasteiger partial charge in [0, 0.05) is 29.9 Å². The van der Waals surface area contributed by atoms with Gasteiger partial charge >= 0.3 is 5.69 Å². The molecule has 6 heteroatoms. The maximum atomic E-state index is 12.8. The first-order valence-corrected chi connectivity index (χ1v) is 10.9. The molecule has 0 saturated heterocycles. The Morgan fingerprint density at radius 3 is 2.90 bits per heavy atom. The lowest BCUT2D eigenvalue weighted by Gasteiger charge is -2.33. The Hall–Kier alpha value is -3.22. The molecule has 30 heavy (non-hydrogen) atoms. The molecular weight excluding hydrogens is 392 g/mol. The van der Waals surface area contributed by atoms with E-state index in [9.17, 15) is 4.79 Å². The lowest BCUT2D eigenvalue weighted by molar-refractivity contribution is 0.295. The normalized spacial score (nSPS) is 16.9. The van der Waals surface area contributed by atoms with Gasteiger partial charge in [-0.25, -0.2) is 9.20 Å². The second-order valence-electron chi connectivity index (χ2n) is 7.97. The highest BCUT2D eigenvalue weighted by Gasteiger charge is 2.26. The minimum Gasteiger partial charge on any atom is -0.301 e. The number of thiophene rings is 1. The first kappa shape index (κ1) is 17.6. The van der Waals surface area contributed by atoms with Gasteiger partial charge in [-0.1, -0.05) is 24.3 Å². The fourth-order valence-electron chi connectivity index (χ4n) is 4.53. The molecule has 2 aromatic carbocycles. The molecular formula is C24H20N4OS. The van der Waals surface area contributed by atoms with Crippen molar-refractivity contribution in [3.05, 3.63) is 99.4 Å². The van der Waals surface area contributed by atoms with Crippen LogP contribution in [0.2, 0.25) is 0 Å². The molecule has 0 radical (unpaired) electrons. The second-order valence-corrected chi connectivity index (χ2v) is 8.92. The van der Waals surface area contributed by atoms with Gasteiger partial charge in [0.25, 0.3) is 0 Å². The van der Waals surface area contributed by atoms with Crippen molar-refractivity contribution >= 4 is 27.1 Å². The highest BCUT2D eigenvalue weighted by Crippen LogP contribution is 2.36. The highest BCUT2D eigenvalue weighted by molar-refractivity contribution is 7.17. The first-order valence-electron chi connectivity index (χ1n) is 10.0. The van der Waals surface area contributed by atoms with Gasteiger partial charge in [-0.05, 0) is 70.9 Å². The summed E-state index contributed by atoms with van der Waals surface area (Å²) in [5, 5.41) is 7.96. The van der Waals surface area contributed by atoms with Crippen LogP contribution in [0.15, 0.2) is 77.0 Å². The molecule has 4 heterocycles. The molecule has 0 spiro atoms. The van der Waals surface area contributed by atoms with E-state index >= 15 is 0 Å². The van der Waals surface area contributed by atoms with E-state index in [1.165, 1.54) is 31.5 Å². The number of pyridine rings is 1. The van der Waals surface area contributed by atoms with E-state index in [0.29, 0.717) is 11.6 Å². The third-order valence-corrected chi connectivity index (χ3v) is 6.87. The fourth-order valence-corrected chi connectivity index (χ4v) is 5.37. The molecule has 0 fully saturated rings. The van der Waals surface area contributed by atoms with Gasteiger partial charge in [0.1, 0.15) is 0 Å². The number of benzene rings is 2. The van der Waals surface area contributed by atoms with Crippen molar-refractivity contribution in [1.29, 1.82) is 0 Å². The third kappa shape index (κ3) is 2.72. The quantitative estimate of drug-likeness (QED) is 0.435. The Morgan fingerprint density at radius 1 is 1.07 bits per heavy atom. The summed E-state index contributed by atoms with van der Waals surface area (Å²) < 4.78 is 4.40. The average Bonchev–Trinajstić information content (AvgIpc) is 3.37. The predicted octanol–water partition coefficient (Wildman–Crippen LogP) is 4.28. The van der Waals surface area contributed by atoms with Crippen LogP contribution in [0.25, 0.3) is 21.4 Å². The van der Waals surface area contributed by atoms with E-state index in [1.807, 2.05) is 24.3 Å². The molecule has 0 saturated carbocycles. The molecule has 1 aliphatic rings. The lowest BCUT2D eigenvalue weighted by Crippen LogP contribution is -2.31. The fraction of sp³-hybridized carbons (Fsp3) is 0.167. The Kier molecular flexibility index (Phi) is 3.91. The van der Waals surface area contributed by atoms with Gasteiger partial charge in [-0.15, -0.1) is 16.4 Å². The number of likely N-dealkylation sites (N-methyl/N-ethyl adjacent to an activating group) is 1. The predicted molar refractivity (Wildman–Crippen MR) is 121 cm³/mol. The second kappa shape index (κ2) is 6.65. The topological polar surface area (TPSA) is 42.5 Å². The van der Waals surface area contributed by atoms with Crippen LogP contribution in [0.3, 0.4) is 0 Å². The smallest absolute Gasteiger partial charge is 0.301 e. The van der Waals surface area contributed by atoms with Crippen molar-refractivity contribution in [3.63, 3.8) is 0 Å². The number of rotatable bonds is 2. The molecule has 5 nitrogen and oxygen atoms in total. The van der Waals surface area contributed by atoms with E-state index in [1.54, 1.807) is 21.9 Å². The molecule has 0 amide bonds. The van der Waals surface area contributed by atoms with Crippen LogP contribution in [-0.4, -0.2) is 32.7 Å². The maximum absolute atomic E-state index is 12.8. The molecule has 0 N–H and O–H groups in total. The van der Waals surface area contributed by atoms with Crippen molar-refractivity contribution in [2.24, 2.45) is 0 Å². The molecule has 3 aromatic heterocycles. The lowest BCUT2D eigenvalue weighted by atomic mass is 9.84. The zero-order valence-electron chi connectivity index (χ0n) is 16.5. The summed E-state index contributed by atoms with van der Waals surface area (Å²) in [6, 6.07) is 20.9. The average molecular weight is 413 g/mol. The minimum absolute atomic E-state index is 0.144. The molecule has 6 rings (SSSR count). The zero-order valence-corrected chi connectivity index (χ0v) is 17.3. The van der Waals surface area contributed by atoms with Crippen LogP contribution in [0, 0.1) is 0 Å². The largest absolute Gasteiger partial charge is 0.355 e. The maximum Gasteiger partial charge on any atom is 0.355 e. The first-order chi connectivity index (χ1) is 14.7. The summed E-state index contributed by atoms with van der Waals surface area (Å²) >= 11 is 1.79. The van der Waals surface area contributed by atoms with Crippen LogP contribution >= 0.6 is 11.3 Å². The van der Waals surface area contributed by atoms with E-state index in [0.717, 1.165) is 18.8 Å². The van der Waals surface area contributed by atoms with Crippen LogP contribution in [0.4, 0.5) is 0 Å². The summed E-state index contributed by atoms with van der Waals surface area (Å²) in [7, 11) is 2.16. The molecule has 5 aromatic rings. The Balaban J connectivity index is 1.46. The zero-order chi connectivity index (χ0) is 20.2. The number of nitrogens with zero attached hydrogens (tertiary/aromatic N) is 4. The van der Waals surface area contributed by atoms with Crippen molar-refractivity contribution < 1.29 is 0 Å². The Morgan fingerprint density at radius 2 is 2.00 bits per heavy atom. The summed E-state index contributed by atoms with van der Waals surface area (Å²) in [6.45, 7) is 1.85. The molecule has 0 aliphatic carbocycles. The number of fused-ring (bicyclic) bond motifs is 3. The van der Waals surface area contributed by atoms with E-state index < -0.39 is 0 Å². The van der Waals surface area contributed by atoms with E-state index in [4.69, 9.17) is 0 Å². The molecule has 1 aliphatic heterocycles. The van der Waals surface area contributed by atoms with Gasteiger partial charge in [0.15, 0.2) is 5.65 Å². The van der Waals surface area contributed by atoms with Gasteiger partial charge in [0.2, 0.25) is 0 Å². The molecule has 148 valence electrons. The van der Waals surface area contributed by atoms with Crippen molar-refractivity contribution in [3.8, 4) is 5.69 Å². The Bertz CT molecular complexity index is 1460. The summed E-state index contributed by atoms with van der Waals surface area (Å²) in [5.41, 5.74) is 5.25. The van der Waals surface area contributed by atoms with Crippen LogP contribution in [0.5, 0.6) is 0 Å². The summed E-state index contributed by atoms with van der Waals surface area (Å²) in [4.78, 5) is 15.1. The van der Waals surface area contributed by atoms with Gasteiger partial charge in [-0.2, -0.15) is 4.68 Å². The number of hydrogen-bond acceptors (Lipinski definition) is 4. The van der Waals surface area contributed by atoms with Gasteiger partial charge in [-0.3, -0.25) is 0 Å². The highest BCUT2D eigenvalue weighted by atomic mass is 32.1. The summed E-state index contributed by atoms with van der Waals surface area (Å²) in [5.74, 6) is 0.317. The molecule has 1 unspecified atom stereocenters. The number of aromatic nitrogens is 3. The standard InChI is InChI=1S/C24H20N4OS/c1-26-14-18-12-19(28-24(29)27-10-3-2-4-23(27)25-28)7-8-20(18)21(15-26)17-6-5-16-9-11-30-22(16)13-17/h2-13,21H,14-15H2,1H3. The molecule has 1 atom stereocenters. The van der Waals surface area contributed by atoms with Gasteiger partial charge < -0.3 is 4.90 Å². The van der Waals surface area contributed by atoms with Crippen molar-refractivity contribution in [2.45, 2.75) is 12.5 Å². The van der Waals surface area contributed by atoms with Crippen molar-refractivity contribution in [2.75, 3.05) is 13.6 Å². The van der Waals surface area contributed by atoms with Crippen molar-refractivity contribution in [1.82, 2.24) is 19.1 Å². The van der Waals surface area contributed by atoms with Crippen LogP contribution < -0.4 is 5.69 Å². The van der Waals surface area contributed by atoms with Crippen LogP contribution in [0.1, 0.15) is 22.6 Å². The summed E-state index contributed by atoms with van der Waals surface area (Å²) in [6.07, 6.45) is 1.75. The monoisotopic (exact) mass is 412 g/mol. The van der Waals surface area contributed by atoms with E-state index in [2.05, 4.69) is 58.8 Å². The molecule has 0 bridgehead atoms. The third-order valence-electron chi connectivity index (χ3n) is 5.99. The van der Waals surface area contributed by atoms with Gasteiger partial charge in [0.05, 0.1) is 5.69 Å². The minimum atomic E-state index is -0.144. The number of hydrogen-bond donors (Lipinski definition) is 0. The Labute approximate surface area is 177 Å². The van der Waals surface area contributed by atoms with E-state index in [-0.39, 0.29) is 5.69 Å². The van der Waals surface area contributed by atoms with Crippen LogP contribution in [-0.2, 0) is 6.54 Å². The SMILES string of the molecule is CN1Cc2cc(-n3nc4ccccn4c3=O)ccc2C(c2ccc3ccsc3c2)C1.